The lowest BCUT2D eigenvalue weighted by Crippen LogP contribution is -2.60. The minimum absolute atomic E-state index is 0.312. The summed E-state index contributed by atoms with van der Waals surface area (Å²) < 4.78 is 44.4. The molecule has 1 saturated heterocycles. The fraction of sp³-hybridized carbons (Fsp3) is 1.00. The first-order chi connectivity index (χ1) is 13.7. The van der Waals surface area contributed by atoms with Gasteiger partial charge in [-0.2, -0.15) is 0 Å². The summed E-state index contributed by atoms with van der Waals surface area (Å²) in [6, 6.07) is 0. The monoisotopic (exact) mass is 406 g/mol. The van der Waals surface area contributed by atoms with Crippen molar-refractivity contribution in [1.29, 1.82) is 0 Å². The van der Waals surface area contributed by atoms with E-state index in [4.69, 9.17) is 23.7 Å². The van der Waals surface area contributed by atoms with Gasteiger partial charge in [-0.1, -0.05) is 53.4 Å². The third kappa shape index (κ3) is 9.49. The number of unbranched alkanes of at least 4 members (excludes halogenated alkanes) is 4. The average Bonchev–Trinajstić information content (AvgIpc) is 2.69. The van der Waals surface area contributed by atoms with Gasteiger partial charge < -0.3 is 23.7 Å². The highest BCUT2D eigenvalue weighted by Crippen LogP contribution is 2.30. The van der Waals surface area contributed by atoms with Gasteiger partial charge in [0.1, 0.15) is 24.4 Å². The highest BCUT2D eigenvalue weighted by molar-refractivity contribution is 4.92. The van der Waals surface area contributed by atoms with E-state index in [-0.39, 0.29) is 6.10 Å². The van der Waals surface area contributed by atoms with E-state index in [0.717, 1.165) is 51.4 Å². The van der Waals surface area contributed by atoms with Crippen molar-refractivity contribution in [2.45, 2.75) is 110 Å². The standard InChI is InChI=1S/C22H43FO5/c1-5-9-13-24-17-18-19(25-14-10-6-2)20(26-15-11-7-3)21(22(23)28-18)27-16-12-8-4/h18-22H,5-17H2,1-4H3/t18?,19-,20?,21?,22-/m0/s1. The number of halogens is 1. The van der Waals surface area contributed by atoms with Crippen molar-refractivity contribution in [1.82, 2.24) is 0 Å². The zero-order valence-electron chi connectivity index (χ0n) is 18.5. The van der Waals surface area contributed by atoms with E-state index < -0.39 is 24.7 Å². The van der Waals surface area contributed by atoms with E-state index in [0.29, 0.717) is 33.0 Å². The first-order valence-corrected chi connectivity index (χ1v) is 11.4. The molecule has 0 aromatic rings. The minimum Gasteiger partial charge on any atom is -0.379 e. The van der Waals surface area contributed by atoms with Crippen LogP contribution in [0.5, 0.6) is 0 Å². The molecule has 1 rings (SSSR count). The molecule has 0 bridgehead atoms. The minimum atomic E-state index is -1.53. The van der Waals surface area contributed by atoms with Crippen LogP contribution in [0.2, 0.25) is 0 Å². The highest BCUT2D eigenvalue weighted by Gasteiger charge is 2.48. The summed E-state index contributed by atoms with van der Waals surface area (Å²) in [5.74, 6) is 0. The molecule has 5 atom stereocenters. The zero-order chi connectivity index (χ0) is 20.6. The maximum Gasteiger partial charge on any atom is 0.228 e. The fourth-order valence-electron chi connectivity index (χ4n) is 3.10. The lowest BCUT2D eigenvalue weighted by atomic mass is 9.98. The van der Waals surface area contributed by atoms with Crippen molar-refractivity contribution < 1.29 is 28.1 Å². The first kappa shape index (κ1) is 25.8. The van der Waals surface area contributed by atoms with Gasteiger partial charge in [-0.15, -0.1) is 0 Å². The quantitative estimate of drug-likeness (QED) is 0.316. The first-order valence-electron chi connectivity index (χ1n) is 11.4. The van der Waals surface area contributed by atoms with E-state index in [2.05, 4.69) is 27.7 Å². The SMILES string of the molecule is CCCCOCC1O[C@H](F)C(OCCCC)C(OCCCC)[C@H]1OCCCC. The Morgan fingerprint density at radius 3 is 1.64 bits per heavy atom. The van der Waals surface area contributed by atoms with Crippen molar-refractivity contribution in [3.63, 3.8) is 0 Å². The second-order valence-electron chi connectivity index (χ2n) is 7.52. The molecule has 3 unspecified atom stereocenters. The van der Waals surface area contributed by atoms with Crippen LogP contribution in [0.25, 0.3) is 0 Å². The van der Waals surface area contributed by atoms with E-state index >= 15 is 0 Å². The third-order valence-electron chi connectivity index (χ3n) is 4.93. The summed E-state index contributed by atoms with van der Waals surface area (Å²) in [6.45, 7) is 11.1. The zero-order valence-corrected chi connectivity index (χ0v) is 18.5. The van der Waals surface area contributed by atoms with Gasteiger partial charge in [0.2, 0.25) is 6.36 Å². The molecule has 5 nitrogen and oxygen atoms in total. The fourth-order valence-corrected chi connectivity index (χ4v) is 3.10. The average molecular weight is 407 g/mol. The molecule has 0 aromatic heterocycles. The summed E-state index contributed by atoms with van der Waals surface area (Å²) >= 11 is 0. The Morgan fingerprint density at radius 1 is 0.643 bits per heavy atom. The molecule has 0 amide bonds. The van der Waals surface area contributed by atoms with Crippen LogP contribution in [-0.4, -0.2) is 63.8 Å². The van der Waals surface area contributed by atoms with Gasteiger partial charge >= 0.3 is 0 Å². The van der Waals surface area contributed by atoms with Gasteiger partial charge in [-0.25, -0.2) is 4.39 Å². The number of rotatable bonds is 17. The number of hydrogen-bond acceptors (Lipinski definition) is 5. The Bertz CT molecular complexity index is 358. The molecule has 168 valence electrons. The lowest BCUT2D eigenvalue weighted by Gasteiger charge is -2.43. The topological polar surface area (TPSA) is 46.2 Å². The summed E-state index contributed by atoms with van der Waals surface area (Å²) in [6.07, 6.45) is 4.20. The highest BCUT2D eigenvalue weighted by atomic mass is 19.1. The normalized spacial score (nSPS) is 28.0. The smallest absolute Gasteiger partial charge is 0.228 e. The Hall–Kier alpha value is -0.270. The Morgan fingerprint density at radius 2 is 1.11 bits per heavy atom. The van der Waals surface area contributed by atoms with E-state index in [9.17, 15) is 4.39 Å². The summed E-state index contributed by atoms with van der Waals surface area (Å²) in [7, 11) is 0. The molecule has 1 fully saturated rings. The van der Waals surface area contributed by atoms with Crippen LogP contribution in [-0.2, 0) is 23.7 Å². The Balaban J connectivity index is 2.84. The maximum atomic E-state index is 14.9. The molecule has 6 heteroatoms. The molecule has 0 spiro atoms. The van der Waals surface area contributed by atoms with Crippen LogP contribution in [0, 0.1) is 0 Å². The van der Waals surface area contributed by atoms with Crippen molar-refractivity contribution in [2.75, 3.05) is 33.0 Å². The Kier molecular flexibility index (Phi) is 15.2. The molecule has 0 radical (unpaired) electrons. The molecular formula is C22H43FO5. The molecule has 1 aliphatic heterocycles. The van der Waals surface area contributed by atoms with Gasteiger partial charge in [0.05, 0.1) is 6.61 Å². The molecule has 1 heterocycles. The van der Waals surface area contributed by atoms with Gasteiger partial charge in [0.25, 0.3) is 0 Å². The van der Waals surface area contributed by atoms with Crippen LogP contribution in [0.15, 0.2) is 0 Å². The van der Waals surface area contributed by atoms with Crippen molar-refractivity contribution in [3.8, 4) is 0 Å². The predicted octanol–water partition coefficient (Wildman–Crippen LogP) is 5.05. The molecule has 0 saturated carbocycles. The van der Waals surface area contributed by atoms with Crippen molar-refractivity contribution in [3.05, 3.63) is 0 Å². The molecule has 1 aliphatic rings. The number of ether oxygens (including phenoxy) is 5. The number of alkyl halides is 1. The molecule has 0 aliphatic carbocycles. The second-order valence-corrected chi connectivity index (χ2v) is 7.52. The summed E-state index contributed by atoms with van der Waals surface area (Å²) in [5, 5.41) is 0. The van der Waals surface area contributed by atoms with Crippen LogP contribution >= 0.6 is 0 Å². The van der Waals surface area contributed by atoms with Gasteiger partial charge in [0.15, 0.2) is 0 Å². The predicted molar refractivity (Wildman–Crippen MR) is 109 cm³/mol. The maximum absolute atomic E-state index is 14.9. The van der Waals surface area contributed by atoms with Crippen LogP contribution in [0.3, 0.4) is 0 Å². The van der Waals surface area contributed by atoms with Gasteiger partial charge in [-0.05, 0) is 25.7 Å². The summed E-state index contributed by atoms with van der Waals surface area (Å²) in [4.78, 5) is 0. The molecular weight excluding hydrogens is 363 g/mol. The van der Waals surface area contributed by atoms with E-state index in [1.807, 2.05) is 0 Å². The number of hydrogen-bond donors (Lipinski definition) is 0. The van der Waals surface area contributed by atoms with E-state index in [1.54, 1.807) is 0 Å². The van der Waals surface area contributed by atoms with Crippen LogP contribution in [0.1, 0.15) is 79.1 Å². The molecule has 0 aromatic carbocycles. The van der Waals surface area contributed by atoms with Crippen LogP contribution < -0.4 is 0 Å². The second kappa shape index (κ2) is 16.5. The van der Waals surface area contributed by atoms with Crippen molar-refractivity contribution in [2.24, 2.45) is 0 Å². The van der Waals surface area contributed by atoms with Crippen LogP contribution in [0.4, 0.5) is 4.39 Å². The summed E-state index contributed by atoms with van der Waals surface area (Å²) in [5.41, 5.74) is 0. The Labute approximate surface area is 171 Å². The lowest BCUT2D eigenvalue weighted by molar-refractivity contribution is -0.293. The van der Waals surface area contributed by atoms with E-state index in [1.165, 1.54) is 0 Å². The van der Waals surface area contributed by atoms with Gasteiger partial charge in [0, 0.05) is 26.4 Å². The molecule has 28 heavy (non-hydrogen) atoms. The molecule has 0 N–H and O–H groups in total. The largest absolute Gasteiger partial charge is 0.379 e. The van der Waals surface area contributed by atoms with Gasteiger partial charge in [-0.3, -0.25) is 0 Å². The third-order valence-corrected chi connectivity index (χ3v) is 4.93. The van der Waals surface area contributed by atoms with Crippen molar-refractivity contribution >= 4 is 0 Å².